The first-order chi connectivity index (χ1) is 8.71. The van der Waals surface area contributed by atoms with Crippen LogP contribution in [0.15, 0.2) is 33.6 Å². The minimum Gasteiger partial charge on any atom is -0.199 e. The summed E-state index contributed by atoms with van der Waals surface area (Å²) in [6, 6.07) is 6.85. The zero-order chi connectivity index (χ0) is 14.3. The SMILES string of the molecule is Cc1ccc(S(=O)(=O)/N=C2/C[C@H](C)C(C)(C)C2)cc1. The van der Waals surface area contributed by atoms with Gasteiger partial charge in [0.15, 0.2) is 0 Å². The third kappa shape index (κ3) is 3.06. The van der Waals surface area contributed by atoms with E-state index in [-0.39, 0.29) is 10.3 Å². The van der Waals surface area contributed by atoms with Gasteiger partial charge in [0.25, 0.3) is 10.0 Å². The van der Waals surface area contributed by atoms with Crippen LogP contribution in [-0.2, 0) is 10.0 Å². The number of hydrogen-bond donors (Lipinski definition) is 0. The minimum absolute atomic E-state index is 0.141. The van der Waals surface area contributed by atoms with Crippen molar-refractivity contribution >= 4 is 15.7 Å². The molecule has 1 aromatic carbocycles. The molecule has 0 N–H and O–H groups in total. The molecule has 1 aliphatic rings. The highest BCUT2D eigenvalue weighted by Gasteiger charge is 2.36. The van der Waals surface area contributed by atoms with Gasteiger partial charge in [0.1, 0.15) is 0 Å². The maximum Gasteiger partial charge on any atom is 0.282 e. The van der Waals surface area contributed by atoms with Gasteiger partial charge >= 0.3 is 0 Å². The first-order valence-corrected chi connectivity index (χ1v) is 8.04. The molecule has 2 rings (SSSR count). The summed E-state index contributed by atoms with van der Waals surface area (Å²) in [5.41, 5.74) is 1.99. The average Bonchev–Trinajstić information content (AvgIpc) is 2.51. The van der Waals surface area contributed by atoms with Crippen LogP contribution in [0.4, 0.5) is 0 Å². The predicted molar refractivity (Wildman–Crippen MR) is 78.0 cm³/mol. The van der Waals surface area contributed by atoms with Gasteiger partial charge in [0.2, 0.25) is 0 Å². The van der Waals surface area contributed by atoms with E-state index in [1.54, 1.807) is 24.3 Å². The van der Waals surface area contributed by atoms with Crippen LogP contribution in [0.2, 0.25) is 0 Å². The van der Waals surface area contributed by atoms with Gasteiger partial charge in [0, 0.05) is 5.71 Å². The topological polar surface area (TPSA) is 46.5 Å². The van der Waals surface area contributed by atoms with Gasteiger partial charge in [-0.05, 0) is 43.2 Å². The van der Waals surface area contributed by atoms with Crippen LogP contribution >= 0.6 is 0 Å². The van der Waals surface area contributed by atoms with E-state index in [1.807, 2.05) is 6.92 Å². The third-order valence-electron chi connectivity index (χ3n) is 4.10. The fourth-order valence-corrected chi connectivity index (χ4v) is 3.47. The molecule has 3 nitrogen and oxygen atoms in total. The molecule has 4 heteroatoms. The summed E-state index contributed by atoms with van der Waals surface area (Å²) in [5.74, 6) is 0.472. The Balaban J connectivity index is 2.30. The van der Waals surface area contributed by atoms with E-state index in [1.165, 1.54) is 0 Å². The zero-order valence-corrected chi connectivity index (χ0v) is 12.8. The lowest BCUT2D eigenvalue weighted by atomic mass is 9.83. The molecule has 1 aromatic rings. The summed E-state index contributed by atoms with van der Waals surface area (Å²) < 4.78 is 28.5. The number of hydrogen-bond acceptors (Lipinski definition) is 2. The van der Waals surface area contributed by atoms with E-state index in [0.29, 0.717) is 5.92 Å². The minimum atomic E-state index is -3.55. The molecule has 1 atom stereocenters. The molecule has 0 amide bonds. The van der Waals surface area contributed by atoms with E-state index in [4.69, 9.17) is 0 Å². The fraction of sp³-hybridized carbons (Fsp3) is 0.533. The monoisotopic (exact) mass is 279 g/mol. The Hall–Kier alpha value is -1.16. The van der Waals surface area contributed by atoms with Crippen molar-refractivity contribution in [3.8, 4) is 0 Å². The van der Waals surface area contributed by atoms with Crippen LogP contribution in [0, 0.1) is 18.3 Å². The van der Waals surface area contributed by atoms with Crippen molar-refractivity contribution < 1.29 is 8.42 Å². The molecule has 0 heterocycles. The molecule has 0 radical (unpaired) electrons. The van der Waals surface area contributed by atoms with Crippen molar-refractivity contribution in [2.24, 2.45) is 15.7 Å². The van der Waals surface area contributed by atoms with Crippen molar-refractivity contribution in [3.63, 3.8) is 0 Å². The number of rotatable bonds is 2. The summed E-state index contributed by atoms with van der Waals surface area (Å²) >= 11 is 0. The lowest BCUT2D eigenvalue weighted by Gasteiger charge is -2.21. The Morgan fingerprint density at radius 3 is 2.26 bits per heavy atom. The van der Waals surface area contributed by atoms with Gasteiger partial charge in [-0.3, -0.25) is 0 Å². The van der Waals surface area contributed by atoms with Crippen LogP contribution < -0.4 is 0 Å². The number of sulfonamides is 1. The van der Waals surface area contributed by atoms with Crippen LogP contribution in [0.1, 0.15) is 39.2 Å². The van der Waals surface area contributed by atoms with E-state index in [9.17, 15) is 8.42 Å². The quantitative estimate of drug-likeness (QED) is 0.830. The first kappa shape index (κ1) is 14.3. The normalized spacial score (nSPS) is 24.8. The van der Waals surface area contributed by atoms with Gasteiger partial charge in [-0.25, -0.2) is 0 Å². The number of benzene rings is 1. The smallest absolute Gasteiger partial charge is 0.199 e. The maximum absolute atomic E-state index is 12.2. The van der Waals surface area contributed by atoms with Crippen molar-refractivity contribution in [2.45, 2.75) is 45.4 Å². The lowest BCUT2D eigenvalue weighted by molar-refractivity contribution is 0.283. The van der Waals surface area contributed by atoms with Gasteiger partial charge < -0.3 is 0 Å². The second kappa shape index (κ2) is 4.75. The van der Waals surface area contributed by atoms with Crippen molar-refractivity contribution in [1.82, 2.24) is 0 Å². The van der Waals surface area contributed by atoms with Crippen molar-refractivity contribution in [2.75, 3.05) is 0 Å². The predicted octanol–water partition coefficient (Wildman–Crippen LogP) is 3.58. The summed E-state index contributed by atoms with van der Waals surface area (Å²) in [6.45, 7) is 8.42. The molecule has 0 spiro atoms. The average molecular weight is 279 g/mol. The lowest BCUT2D eigenvalue weighted by Crippen LogP contribution is -2.13. The molecule has 1 fully saturated rings. The van der Waals surface area contributed by atoms with Crippen LogP contribution in [0.3, 0.4) is 0 Å². The molecule has 0 unspecified atom stereocenters. The molecular formula is C15H21NO2S. The highest BCUT2D eigenvalue weighted by Crippen LogP contribution is 2.41. The van der Waals surface area contributed by atoms with E-state index in [0.717, 1.165) is 24.1 Å². The van der Waals surface area contributed by atoms with E-state index >= 15 is 0 Å². The van der Waals surface area contributed by atoms with E-state index in [2.05, 4.69) is 25.2 Å². The molecular weight excluding hydrogens is 258 g/mol. The third-order valence-corrected chi connectivity index (χ3v) is 5.47. The molecule has 1 aliphatic carbocycles. The van der Waals surface area contributed by atoms with Crippen LogP contribution in [0.5, 0.6) is 0 Å². The van der Waals surface area contributed by atoms with Gasteiger partial charge in [-0.15, -0.1) is 0 Å². The highest BCUT2D eigenvalue weighted by atomic mass is 32.2. The van der Waals surface area contributed by atoms with Gasteiger partial charge in [-0.2, -0.15) is 12.8 Å². The number of nitrogens with zero attached hydrogens (tertiary/aromatic N) is 1. The van der Waals surface area contributed by atoms with Crippen molar-refractivity contribution in [3.05, 3.63) is 29.8 Å². The molecule has 1 saturated carbocycles. The molecule has 0 aromatic heterocycles. The van der Waals surface area contributed by atoms with Gasteiger partial charge in [-0.1, -0.05) is 38.5 Å². The molecule has 0 bridgehead atoms. The summed E-state index contributed by atoms with van der Waals surface area (Å²) in [4.78, 5) is 0.281. The molecule has 0 aliphatic heterocycles. The van der Waals surface area contributed by atoms with Crippen LogP contribution in [-0.4, -0.2) is 14.1 Å². The standard InChI is InChI=1S/C15H21NO2S/c1-11-5-7-14(8-6-11)19(17,18)16-13-9-12(2)15(3,4)10-13/h5-8,12H,9-10H2,1-4H3/b16-13-/t12-/m0/s1. The van der Waals surface area contributed by atoms with Gasteiger partial charge in [0.05, 0.1) is 4.90 Å². The maximum atomic E-state index is 12.2. The summed E-state index contributed by atoms with van der Waals surface area (Å²) in [5, 5.41) is 0. The Labute approximate surface area is 115 Å². The highest BCUT2D eigenvalue weighted by molar-refractivity contribution is 7.90. The fourth-order valence-electron chi connectivity index (χ4n) is 2.40. The Kier molecular flexibility index (Phi) is 3.56. The Morgan fingerprint density at radius 2 is 1.79 bits per heavy atom. The second-order valence-corrected chi connectivity index (χ2v) is 7.82. The molecule has 104 valence electrons. The molecule has 19 heavy (non-hydrogen) atoms. The summed E-state index contributed by atoms with van der Waals surface area (Å²) in [7, 11) is -3.55. The molecule has 0 saturated heterocycles. The second-order valence-electron chi connectivity index (χ2n) is 6.22. The van der Waals surface area contributed by atoms with E-state index < -0.39 is 10.0 Å². The largest absolute Gasteiger partial charge is 0.282 e. The Bertz CT molecular complexity index is 598. The first-order valence-electron chi connectivity index (χ1n) is 6.60. The summed E-state index contributed by atoms with van der Waals surface area (Å²) in [6.07, 6.45) is 1.54. The number of aryl methyl sites for hydroxylation is 1. The van der Waals surface area contributed by atoms with Crippen LogP contribution in [0.25, 0.3) is 0 Å². The zero-order valence-electron chi connectivity index (χ0n) is 12.0. The Morgan fingerprint density at radius 1 is 1.21 bits per heavy atom. The van der Waals surface area contributed by atoms with Crippen molar-refractivity contribution in [1.29, 1.82) is 0 Å².